The van der Waals surface area contributed by atoms with E-state index in [4.69, 9.17) is 4.52 Å². The van der Waals surface area contributed by atoms with Gasteiger partial charge in [-0.3, -0.25) is 15.1 Å². The first-order valence-corrected chi connectivity index (χ1v) is 6.01. The summed E-state index contributed by atoms with van der Waals surface area (Å²) in [6.45, 7) is 0. The average molecular weight is 300 g/mol. The van der Waals surface area contributed by atoms with Crippen molar-refractivity contribution < 1.29 is 19.7 Å². The molecule has 1 aromatic carbocycles. The van der Waals surface area contributed by atoms with Gasteiger partial charge in [-0.15, -0.1) is 0 Å². The van der Waals surface area contributed by atoms with Crippen molar-refractivity contribution in [2.75, 3.05) is 0 Å². The molecule has 0 aliphatic carbocycles. The molecule has 0 aliphatic rings. The predicted molar refractivity (Wildman–Crippen MR) is 72.9 cm³/mol. The number of benzene rings is 1. The Morgan fingerprint density at radius 2 is 2.05 bits per heavy atom. The van der Waals surface area contributed by atoms with E-state index in [0.717, 1.165) is 12.1 Å². The first-order chi connectivity index (χ1) is 10.6. The number of phenolic OH excluding ortho intramolecular Hbond substituents is 2. The number of aromatic hydroxyl groups is 2. The van der Waals surface area contributed by atoms with Gasteiger partial charge < -0.3 is 14.7 Å². The molecule has 0 radical (unpaired) electrons. The number of hydrogen-bond acceptors (Lipinski definition) is 8. The van der Waals surface area contributed by atoms with Gasteiger partial charge in [0.25, 0.3) is 5.89 Å². The summed E-state index contributed by atoms with van der Waals surface area (Å²) in [5.41, 5.74) is 0.0655. The quantitative estimate of drug-likeness (QED) is 0.426. The molecule has 9 nitrogen and oxygen atoms in total. The van der Waals surface area contributed by atoms with Gasteiger partial charge in [0.1, 0.15) is 0 Å². The number of nitro benzene ring substituents is 1. The van der Waals surface area contributed by atoms with Crippen LogP contribution in [-0.4, -0.2) is 30.3 Å². The van der Waals surface area contributed by atoms with Crippen LogP contribution in [0.5, 0.6) is 11.5 Å². The Hall–Kier alpha value is -3.49. The maximum Gasteiger partial charge on any atom is 0.315 e. The van der Waals surface area contributed by atoms with Crippen molar-refractivity contribution in [1.82, 2.24) is 15.1 Å². The molecule has 3 rings (SSSR count). The van der Waals surface area contributed by atoms with Crippen molar-refractivity contribution in [3.05, 3.63) is 46.8 Å². The van der Waals surface area contributed by atoms with Gasteiger partial charge >= 0.3 is 5.69 Å². The fraction of sp³-hybridized carbons (Fsp3) is 0. The number of nitro groups is 1. The van der Waals surface area contributed by atoms with Crippen LogP contribution in [0.4, 0.5) is 5.69 Å². The number of phenols is 2. The van der Waals surface area contributed by atoms with E-state index in [0.29, 0.717) is 5.56 Å². The molecule has 2 aromatic heterocycles. The molecule has 0 amide bonds. The smallest absolute Gasteiger partial charge is 0.315 e. The summed E-state index contributed by atoms with van der Waals surface area (Å²) in [4.78, 5) is 18.0. The highest BCUT2D eigenvalue weighted by Gasteiger charge is 2.22. The molecule has 22 heavy (non-hydrogen) atoms. The lowest BCUT2D eigenvalue weighted by atomic mass is 10.1. The second-order valence-corrected chi connectivity index (χ2v) is 4.29. The Bertz CT molecular complexity index is 847. The molecule has 2 N–H and O–H groups in total. The molecule has 0 bridgehead atoms. The fourth-order valence-electron chi connectivity index (χ4n) is 1.82. The second kappa shape index (κ2) is 5.13. The van der Waals surface area contributed by atoms with Gasteiger partial charge in [-0.05, 0) is 18.2 Å². The molecule has 0 saturated heterocycles. The molecule has 0 atom stereocenters. The molecule has 0 unspecified atom stereocenters. The molecule has 0 fully saturated rings. The minimum absolute atomic E-state index is 0.0303. The molecule has 110 valence electrons. The highest BCUT2D eigenvalue weighted by atomic mass is 16.6. The summed E-state index contributed by atoms with van der Waals surface area (Å²) < 4.78 is 5.03. The molecule has 2 heterocycles. The number of nitrogens with zero attached hydrogens (tertiary/aromatic N) is 4. The monoisotopic (exact) mass is 300 g/mol. The van der Waals surface area contributed by atoms with Crippen molar-refractivity contribution in [3.8, 4) is 34.3 Å². The van der Waals surface area contributed by atoms with E-state index in [1.54, 1.807) is 18.3 Å². The zero-order valence-electron chi connectivity index (χ0n) is 10.9. The van der Waals surface area contributed by atoms with Gasteiger partial charge in [0.15, 0.2) is 5.75 Å². The number of rotatable bonds is 3. The summed E-state index contributed by atoms with van der Waals surface area (Å²) in [6.07, 6.45) is 3.12. The zero-order valence-corrected chi connectivity index (χ0v) is 10.9. The molecule has 0 aliphatic heterocycles. The predicted octanol–water partition coefficient (Wildman–Crippen LogP) is 2.12. The number of hydrogen-bond donors (Lipinski definition) is 2. The van der Waals surface area contributed by atoms with Crippen molar-refractivity contribution in [3.63, 3.8) is 0 Å². The number of aromatic nitrogens is 3. The SMILES string of the molecule is O=[N+]([O-])c1cc(-c2nc(-c3cccnc3)no2)cc(O)c1O. The van der Waals surface area contributed by atoms with Gasteiger partial charge in [-0.25, -0.2) is 0 Å². The topological polar surface area (TPSA) is 135 Å². The van der Waals surface area contributed by atoms with Crippen molar-refractivity contribution in [2.45, 2.75) is 0 Å². The van der Waals surface area contributed by atoms with Crippen molar-refractivity contribution >= 4 is 5.69 Å². The Morgan fingerprint density at radius 3 is 2.73 bits per heavy atom. The van der Waals surface area contributed by atoms with E-state index in [2.05, 4.69) is 15.1 Å². The van der Waals surface area contributed by atoms with Gasteiger partial charge in [0, 0.05) is 24.0 Å². The minimum atomic E-state index is -0.822. The highest BCUT2D eigenvalue weighted by molar-refractivity contribution is 5.68. The average Bonchev–Trinajstić information content (AvgIpc) is 3.00. The zero-order chi connectivity index (χ0) is 15.7. The van der Waals surface area contributed by atoms with Crippen LogP contribution in [0.3, 0.4) is 0 Å². The van der Waals surface area contributed by atoms with Crippen molar-refractivity contribution in [2.24, 2.45) is 0 Å². The third-order valence-corrected chi connectivity index (χ3v) is 2.86. The highest BCUT2D eigenvalue weighted by Crippen LogP contribution is 2.39. The largest absolute Gasteiger partial charge is 0.504 e. The maximum absolute atomic E-state index is 10.8. The first kappa shape index (κ1) is 13.5. The van der Waals surface area contributed by atoms with Crippen LogP contribution in [0, 0.1) is 10.1 Å². The lowest BCUT2D eigenvalue weighted by molar-refractivity contribution is -0.385. The summed E-state index contributed by atoms with van der Waals surface area (Å²) >= 11 is 0. The van der Waals surface area contributed by atoms with E-state index >= 15 is 0 Å². The Morgan fingerprint density at radius 1 is 1.23 bits per heavy atom. The van der Waals surface area contributed by atoms with Crippen LogP contribution in [-0.2, 0) is 0 Å². The van der Waals surface area contributed by atoms with E-state index in [9.17, 15) is 20.3 Å². The van der Waals surface area contributed by atoms with Crippen LogP contribution in [0.1, 0.15) is 0 Å². The molecule has 9 heteroatoms. The molecular weight excluding hydrogens is 292 g/mol. The lowest BCUT2D eigenvalue weighted by Crippen LogP contribution is -1.90. The Kier molecular flexibility index (Phi) is 3.14. The van der Waals surface area contributed by atoms with Gasteiger partial charge in [-0.2, -0.15) is 4.98 Å². The Labute approximate surface area is 122 Å². The third-order valence-electron chi connectivity index (χ3n) is 2.86. The van der Waals surface area contributed by atoms with E-state index in [1.165, 1.54) is 6.20 Å². The molecular formula is C13H8N4O5. The van der Waals surface area contributed by atoms with Crippen LogP contribution < -0.4 is 0 Å². The minimum Gasteiger partial charge on any atom is -0.504 e. The van der Waals surface area contributed by atoms with Gasteiger partial charge in [-0.1, -0.05) is 5.16 Å². The van der Waals surface area contributed by atoms with E-state index < -0.39 is 22.1 Å². The van der Waals surface area contributed by atoms with Crippen LogP contribution >= 0.6 is 0 Å². The third kappa shape index (κ3) is 2.30. The maximum atomic E-state index is 10.8. The fourth-order valence-corrected chi connectivity index (χ4v) is 1.82. The van der Waals surface area contributed by atoms with Crippen molar-refractivity contribution in [1.29, 1.82) is 0 Å². The summed E-state index contributed by atoms with van der Waals surface area (Å²) in [7, 11) is 0. The second-order valence-electron chi connectivity index (χ2n) is 4.29. The molecule has 0 saturated carbocycles. The lowest BCUT2D eigenvalue weighted by Gasteiger charge is -2.01. The first-order valence-electron chi connectivity index (χ1n) is 6.01. The summed E-state index contributed by atoms with van der Waals surface area (Å²) in [5.74, 6) is -1.25. The van der Waals surface area contributed by atoms with Crippen LogP contribution in [0.25, 0.3) is 22.8 Å². The molecule has 0 spiro atoms. The summed E-state index contributed by atoms with van der Waals surface area (Å²) in [6, 6.07) is 5.55. The van der Waals surface area contributed by atoms with Gasteiger partial charge in [0.05, 0.1) is 10.5 Å². The molecule has 3 aromatic rings. The van der Waals surface area contributed by atoms with Crippen LogP contribution in [0.2, 0.25) is 0 Å². The summed E-state index contributed by atoms with van der Waals surface area (Å²) in [5, 5.41) is 33.6. The van der Waals surface area contributed by atoms with E-state index in [-0.39, 0.29) is 17.3 Å². The number of pyridine rings is 1. The van der Waals surface area contributed by atoms with Gasteiger partial charge in [0.2, 0.25) is 11.6 Å². The van der Waals surface area contributed by atoms with Crippen LogP contribution in [0.15, 0.2) is 41.2 Å². The van der Waals surface area contributed by atoms with E-state index in [1.807, 2.05) is 0 Å². The normalized spacial score (nSPS) is 10.5. The Balaban J connectivity index is 2.06. The standard InChI is InChI=1S/C13H8N4O5/c18-10-5-8(4-9(11(10)19)17(20)21)13-15-12(16-22-13)7-2-1-3-14-6-7/h1-6,18-19H.